The summed E-state index contributed by atoms with van der Waals surface area (Å²) in [6, 6.07) is 6.62. The number of fused-ring (bicyclic) bond motifs is 1. The minimum atomic E-state index is -0.0591. The normalized spacial score (nSPS) is 15.7. The van der Waals surface area contributed by atoms with Gasteiger partial charge < -0.3 is 5.73 Å². The van der Waals surface area contributed by atoms with E-state index in [0.29, 0.717) is 0 Å². The molecule has 94 valence electrons. The number of nitrogens with two attached hydrogens (primary N) is 1. The van der Waals surface area contributed by atoms with Crippen LogP contribution < -0.4 is 5.73 Å². The Morgan fingerprint density at radius 1 is 1.28 bits per heavy atom. The van der Waals surface area contributed by atoms with Gasteiger partial charge in [0.25, 0.3) is 0 Å². The number of aryl methyl sites for hydroxylation is 3. The van der Waals surface area contributed by atoms with E-state index in [9.17, 15) is 0 Å². The van der Waals surface area contributed by atoms with Crippen molar-refractivity contribution in [2.75, 3.05) is 0 Å². The van der Waals surface area contributed by atoms with Gasteiger partial charge in [0.1, 0.15) is 0 Å². The average molecular weight is 241 g/mol. The van der Waals surface area contributed by atoms with E-state index in [0.717, 1.165) is 12.1 Å². The van der Waals surface area contributed by atoms with Gasteiger partial charge in [-0.3, -0.25) is 4.68 Å². The smallest absolute Gasteiger partial charge is 0.0582 e. The van der Waals surface area contributed by atoms with Gasteiger partial charge in [0, 0.05) is 18.3 Å². The second-order valence-electron chi connectivity index (χ2n) is 4.99. The van der Waals surface area contributed by atoms with Crippen molar-refractivity contribution in [3.8, 4) is 0 Å². The van der Waals surface area contributed by atoms with Gasteiger partial charge in [-0.15, -0.1) is 0 Å². The van der Waals surface area contributed by atoms with Crippen LogP contribution in [0.3, 0.4) is 0 Å². The molecule has 0 saturated carbocycles. The molecule has 1 aromatic carbocycles. The minimum absolute atomic E-state index is 0.0591. The van der Waals surface area contributed by atoms with Crippen LogP contribution in [0.15, 0.2) is 30.6 Å². The molecular formula is C15H19N3. The van der Waals surface area contributed by atoms with E-state index in [-0.39, 0.29) is 6.04 Å². The average Bonchev–Trinajstić information content (AvgIpc) is 3.05. The second-order valence-corrected chi connectivity index (χ2v) is 4.99. The maximum Gasteiger partial charge on any atom is 0.0582 e. The lowest BCUT2D eigenvalue weighted by Gasteiger charge is -2.11. The quantitative estimate of drug-likeness (QED) is 0.897. The number of rotatable bonds is 3. The Morgan fingerprint density at radius 2 is 2.11 bits per heavy atom. The molecule has 0 fully saturated rings. The molecule has 1 unspecified atom stereocenters. The highest BCUT2D eigenvalue weighted by atomic mass is 15.3. The molecule has 18 heavy (non-hydrogen) atoms. The van der Waals surface area contributed by atoms with Crippen LogP contribution >= 0.6 is 0 Å². The van der Waals surface area contributed by atoms with Crippen molar-refractivity contribution in [3.05, 3.63) is 52.8 Å². The maximum atomic E-state index is 6.33. The zero-order chi connectivity index (χ0) is 12.5. The summed E-state index contributed by atoms with van der Waals surface area (Å²) < 4.78 is 1.92. The first-order valence-corrected chi connectivity index (χ1v) is 6.67. The molecule has 2 aromatic rings. The third kappa shape index (κ3) is 1.95. The Morgan fingerprint density at radius 3 is 2.89 bits per heavy atom. The number of nitrogens with zero attached hydrogens (tertiary/aromatic N) is 2. The summed E-state index contributed by atoms with van der Waals surface area (Å²) >= 11 is 0. The van der Waals surface area contributed by atoms with E-state index in [1.54, 1.807) is 0 Å². The third-order valence-corrected chi connectivity index (χ3v) is 3.82. The molecule has 0 spiro atoms. The molecule has 1 aromatic heterocycles. The Labute approximate surface area is 108 Å². The Balaban J connectivity index is 1.89. The number of hydrogen-bond acceptors (Lipinski definition) is 2. The van der Waals surface area contributed by atoms with Crippen molar-refractivity contribution in [2.24, 2.45) is 5.73 Å². The number of benzene rings is 1. The molecule has 0 bridgehead atoms. The van der Waals surface area contributed by atoms with Crippen LogP contribution in [-0.2, 0) is 19.4 Å². The van der Waals surface area contributed by atoms with Gasteiger partial charge in [0.2, 0.25) is 0 Å². The van der Waals surface area contributed by atoms with Crippen LogP contribution in [0.1, 0.15) is 41.6 Å². The summed E-state index contributed by atoms with van der Waals surface area (Å²) in [5.41, 5.74) is 11.6. The molecule has 0 amide bonds. The fraction of sp³-hybridized carbons (Fsp3) is 0.400. The zero-order valence-corrected chi connectivity index (χ0v) is 10.8. The molecule has 0 radical (unpaired) electrons. The Kier molecular flexibility index (Phi) is 2.92. The van der Waals surface area contributed by atoms with Gasteiger partial charge in [0.05, 0.1) is 12.2 Å². The van der Waals surface area contributed by atoms with Crippen LogP contribution in [0.2, 0.25) is 0 Å². The van der Waals surface area contributed by atoms with Gasteiger partial charge in [-0.25, -0.2) is 0 Å². The number of hydrogen-bond donors (Lipinski definition) is 1. The summed E-state index contributed by atoms with van der Waals surface area (Å²) in [7, 11) is 0. The summed E-state index contributed by atoms with van der Waals surface area (Å²) in [6.45, 7) is 2.97. The van der Waals surface area contributed by atoms with Crippen LogP contribution in [-0.4, -0.2) is 9.78 Å². The lowest BCUT2D eigenvalue weighted by atomic mass is 9.98. The van der Waals surface area contributed by atoms with E-state index in [1.807, 2.05) is 17.1 Å². The molecule has 3 heteroatoms. The van der Waals surface area contributed by atoms with Crippen LogP contribution in [0, 0.1) is 0 Å². The van der Waals surface area contributed by atoms with Crippen LogP contribution in [0.25, 0.3) is 0 Å². The molecule has 1 aliphatic rings. The SMILES string of the molecule is CCn1cc(C(N)c2ccc3c(c2)CCC3)cn1. The fourth-order valence-corrected chi connectivity index (χ4v) is 2.69. The fourth-order valence-electron chi connectivity index (χ4n) is 2.69. The topological polar surface area (TPSA) is 43.8 Å². The Hall–Kier alpha value is -1.61. The molecule has 1 aliphatic carbocycles. The first-order valence-electron chi connectivity index (χ1n) is 6.67. The molecule has 3 rings (SSSR count). The molecule has 2 N–H and O–H groups in total. The lowest BCUT2D eigenvalue weighted by molar-refractivity contribution is 0.658. The summed E-state index contributed by atoms with van der Waals surface area (Å²) in [5, 5.41) is 4.29. The molecule has 3 nitrogen and oxygen atoms in total. The molecule has 0 saturated heterocycles. The third-order valence-electron chi connectivity index (χ3n) is 3.82. The molecule has 1 heterocycles. The van der Waals surface area contributed by atoms with E-state index in [2.05, 4.69) is 30.2 Å². The van der Waals surface area contributed by atoms with Gasteiger partial charge in [-0.1, -0.05) is 18.2 Å². The predicted octanol–water partition coefficient (Wildman–Crippen LogP) is 2.44. The van der Waals surface area contributed by atoms with Gasteiger partial charge >= 0.3 is 0 Å². The van der Waals surface area contributed by atoms with E-state index in [4.69, 9.17) is 5.73 Å². The van der Waals surface area contributed by atoms with E-state index >= 15 is 0 Å². The summed E-state index contributed by atoms with van der Waals surface area (Å²) in [4.78, 5) is 0. The van der Waals surface area contributed by atoms with Crippen molar-refractivity contribution in [1.82, 2.24) is 9.78 Å². The zero-order valence-electron chi connectivity index (χ0n) is 10.8. The first-order chi connectivity index (χ1) is 8.78. The largest absolute Gasteiger partial charge is 0.320 e. The minimum Gasteiger partial charge on any atom is -0.320 e. The Bertz CT molecular complexity index is 557. The van der Waals surface area contributed by atoms with Crippen LogP contribution in [0.5, 0.6) is 0 Å². The molecule has 1 atom stereocenters. The summed E-state index contributed by atoms with van der Waals surface area (Å²) in [5.74, 6) is 0. The highest BCUT2D eigenvalue weighted by Crippen LogP contribution is 2.27. The maximum absolute atomic E-state index is 6.33. The molecular weight excluding hydrogens is 222 g/mol. The van der Waals surface area contributed by atoms with Crippen molar-refractivity contribution in [3.63, 3.8) is 0 Å². The van der Waals surface area contributed by atoms with Gasteiger partial charge in [0.15, 0.2) is 0 Å². The highest BCUT2D eigenvalue weighted by Gasteiger charge is 2.15. The first kappa shape index (κ1) is 11.5. The van der Waals surface area contributed by atoms with E-state index < -0.39 is 0 Å². The van der Waals surface area contributed by atoms with E-state index in [1.165, 1.54) is 36.0 Å². The van der Waals surface area contributed by atoms with Gasteiger partial charge in [-0.05, 0) is 42.9 Å². The van der Waals surface area contributed by atoms with Crippen molar-refractivity contribution < 1.29 is 0 Å². The summed E-state index contributed by atoms with van der Waals surface area (Å²) in [6.07, 6.45) is 7.61. The monoisotopic (exact) mass is 241 g/mol. The van der Waals surface area contributed by atoms with Crippen molar-refractivity contribution in [1.29, 1.82) is 0 Å². The van der Waals surface area contributed by atoms with Crippen molar-refractivity contribution in [2.45, 2.75) is 38.8 Å². The molecule has 0 aliphatic heterocycles. The second kappa shape index (κ2) is 4.58. The van der Waals surface area contributed by atoms with Crippen molar-refractivity contribution >= 4 is 0 Å². The highest BCUT2D eigenvalue weighted by molar-refractivity contribution is 5.39. The predicted molar refractivity (Wildman–Crippen MR) is 72.4 cm³/mol. The number of aromatic nitrogens is 2. The standard InChI is InChI=1S/C15H19N3/c1-2-18-10-14(9-17-18)15(16)13-7-6-11-4-3-5-12(11)8-13/h6-10,15H,2-5,16H2,1H3. The van der Waals surface area contributed by atoms with Gasteiger partial charge in [-0.2, -0.15) is 5.10 Å². The van der Waals surface area contributed by atoms with Crippen LogP contribution in [0.4, 0.5) is 0 Å². The lowest BCUT2D eigenvalue weighted by Crippen LogP contribution is -2.11.